The Bertz CT molecular complexity index is 129. The molecule has 1 aliphatic rings. The summed E-state index contributed by atoms with van der Waals surface area (Å²) >= 11 is 0. The van der Waals surface area contributed by atoms with Crippen molar-refractivity contribution in [3.63, 3.8) is 0 Å². The van der Waals surface area contributed by atoms with Gasteiger partial charge in [-0.2, -0.15) is 0 Å². The minimum Gasteiger partial charge on any atom is -0.479 e. The highest BCUT2D eigenvalue weighted by molar-refractivity contribution is 5.72. The fourth-order valence-corrected chi connectivity index (χ4v) is 1.24. The molecule has 0 amide bonds. The van der Waals surface area contributed by atoms with Crippen molar-refractivity contribution in [3.05, 3.63) is 0 Å². The molecule has 1 atom stereocenters. The van der Waals surface area contributed by atoms with Crippen LogP contribution in [-0.4, -0.2) is 24.3 Å². The molecule has 0 aromatic carbocycles. The van der Waals surface area contributed by atoms with Gasteiger partial charge in [0, 0.05) is 7.11 Å². The van der Waals surface area contributed by atoms with E-state index < -0.39 is 12.1 Å². The number of carboxylic acid groups (broad SMARTS) is 1. The molecule has 0 aromatic rings. The third-order valence-corrected chi connectivity index (χ3v) is 2.08. The van der Waals surface area contributed by atoms with E-state index >= 15 is 0 Å². The summed E-state index contributed by atoms with van der Waals surface area (Å²) in [5.74, 6) is -0.560. The molecule has 1 N–H and O–H groups in total. The summed E-state index contributed by atoms with van der Waals surface area (Å²) in [6, 6.07) is 0. The molecule has 0 aromatic heterocycles. The number of carboxylic acids is 1. The largest absolute Gasteiger partial charge is 0.479 e. The second-order valence-electron chi connectivity index (χ2n) is 2.69. The lowest BCUT2D eigenvalue weighted by Crippen LogP contribution is -2.35. The first-order chi connectivity index (χ1) is 4.75. The van der Waals surface area contributed by atoms with Gasteiger partial charge in [-0.05, 0) is 18.8 Å². The van der Waals surface area contributed by atoms with Crippen LogP contribution in [0.15, 0.2) is 0 Å². The molecule has 1 fully saturated rings. The zero-order valence-electron chi connectivity index (χ0n) is 6.04. The van der Waals surface area contributed by atoms with Crippen molar-refractivity contribution in [3.8, 4) is 0 Å². The average molecular weight is 144 g/mol. The molecular weight excluding hydrogens is 132 g/mol. The van der Waals surface area contributed by atoms with Gasteiger partial charge in [-0.3, -0.25) is 0 Å². The highest BCUT2D eigenvalue weighted by Gasteiger charge is 2.32. The van der Waals surface area contributed by atoms with Gasteiger partial charge in [-0.1, -0.05) is 6.42 Å². The fraction of sp³-hybridized carbons (Fsp3) is 0.857. The highest BCUT2D eigenvalue weighted by Crippen LogP contribution is 2.30. The van der Waals surface area contributed by atoms with E-state index in [4.69, 9.17) is 9.84 Å². The Kier molecular flexibility index (Phi) is 2.27. The number of hydrogen-bond donors (Lipinski definition) is 1. The van der Waals surface area contributed by atoms with Crippen molar-refractivity contribution in [2.45, 2.75) is 25.4 Å². The molecule has 0 heterocycles. The van der Waals surface area contributed by atoms with Crippen molar-refractivity contribution in [2.75, 3.05) is 7.11 Å². The minimum atomic E-state index is -0.827. The number of hydrogen-bond acceptors (Lipinski definition) is 2. The van der Waals surface area contributed by atoms with Crippen molar-refractivity contribution in [2.24, 2.45) is 5.92 Å². The maximum absolute atomic E-state index is 10.4. The molecule has 0 saturated heterocycles. The quantitative estimate of drug-likeness (QED) is 0.639. The van der Waals surface area contributed by atoms with Gasteiger partial charge in [0.05, 0.1) is 0 Å². The van der Waals surface area contributed by atoms with Crippen LogP contribution in [0.5, 0.6) is 0 Å². The molecule has 0 spiro atoms. The first-order valence-electron chi connectivity index (χ1n) is 3.51. The van der Waals surface area contributed by atoms with Crippen LogP contribution < -0.4 is 0 Å². The summed E-state index contributed by atoms with van der Waals surface area (Å²) in [6.45, 7) is 0. The fourth-order valence-electron chi connectivity index (χ4n) is 1.24. The van der Waals surface area contributed by atoms with Crippen LogP contribution in [0.2, 0.25) is 0 Å². The van der Waals surface area contributed by atoms with Crippen molar-refractivity contribution < 1.29 is 14.6 Å². The van der Waals surface area contributed by atoms with Gasteiger partial charge < -0.3 is 9.84 Å². The number of rotatable bonds is 3. The van der Waals surface area contributed by atoms with Crippen molar-refractivity contribution >= 4 is 5.97 Å². The molecule has 0 radical (unpaired) electrons. The number of carbonyl (C=O) groups is 1. The van der Waals surface area contributed by atoms with E-state index in [0.717, 1.165) is 19.3 Å². The maximum Gasteiger partial charge on any atom is 0.333 e. The molecule has 3 nitrogen and oxygen atoms in total. The molecule has 3 heteroatoms. The van der Waals surface area contributed by atoms with E-state index in [1.165, 1.54) is 7.11 Å². The van der Waals surface area contributed by atoms with E-state index in [9.17, 15) is 4.79 Å². The van der Waals surface area contributed by atoms with Gasteiger partial charge in [0.2, 0.25) is 0 Å². The van der Waals surface area contributed by atoms with Gasteiger partial charge in [-0.15, -0.1) is 0 Å². The van der Waals surface area contributed by atoms with Gasteiger partial charge >= 0.3 is 5.97 Å². The summed E-state index contributed by atoms with van der Waals surface area (Å²) in [4.78, 5) is 10.4. The Morgan fingerprint density at radius 1 is 1.70 bits per heavy atom. The van der Waals surface area contributed by atoms with E-state index in [-0.39, 0.29) is 5.92 Å². The van der Waals surface area contributed by atoms with Gasteiger partial charge in [0.15, 0.2) is 6.10 Å². The lowest BCUT2D eigenvalue weighted by atomic mass is 9.81. The van der Waals surface area contributed by atoms with Gasteiger partial charge in [0.1, 0.15) is 0 Å². The average Bonchev–Trinajstić information content (AvgIpc) is 1.76. The Morgan fingerprint density at radius 3 is 2.40 bits per heavy atom. The summed E-state index contributed by atoms with van der Waals surface area (Å²) in [7, 11) is 1.46. The number of methoxy groups -OCH3 is 1. The van der Waals surface area contributed by atoms with Gasteiger partial charge in [-0.25, -0.2) is 4.79 Å². The molecule has 0 unspecified atom stereocenters. The molecular formula is C7H12O3. The van der Waals surface area contributed by atoms with E-state index in [0.29, 0.717) is 0 Å². The Hall–Kier alpha value is -0.570. The van der Waals surface area contributed by atoms with Crippen molar-refractivity contribution in [1.82, 2.24) is 0 Å². The molecule has 1 saturated carbocycles. The molecule has 0 aliphatic heterocycles. The molecule has 58 valence electrons. The van der Waals surface area contributed by atoms with Crippen LogP contribution in [-0.2, 0) is 9.53 Å². The van der Waals surface area contributed by atoms with Crippen LogP contribution >= 0.6 is 0 Å². The van der Waals surface area contributed by atoms with E-state index in [1.54, 1.807) is 0 Å². The zero-order valence-corrected chi connectivity index (χ0v) is 6.04. The smallest absolute Gasteiger partial charge is 0.333 e. The van der Waals surface area contributed by atoms with Crippen LogP contribution in [0.3, 0.4) is 0 Å². The van der Waals surface area contributed by atoms with Crippen molar-refractivity contribution in [1.29, 1.82) is 0 Å². The number of ether oxygens (including phenoxy) is 1. The van der Waals surface area contributed by atoms with E-state index in [2.05, 4.69) is 0 Å². The zero-order chi connectivity index (χ0) is 7.56. The van der Waals surface area contributed by atoms with Crippen LogP contribution in [0.4, 0.5) is 0 Å². The summed E-state index contributed by atoms with van der Waals surface area (Å²) in [5, 5.41) is 8.58. The third kappa shape index (κ3) is 1.29. The monoisotopic (exact) mass is 144 g/mol. The SMILES string of the molecule is CO[C@@H](C(=O)O)C1CCC1. The molecule has 10 heavy (non-hydrogen) atoms. The third-order valence-electron chi connectivity index (χ3n) is 2.08. The first kappa shape index (κ1) is 7.54. The maximum atomic E-state index is 10.4. The molecule has 1 rings (SSSR count). The second kappa shape index (κ2) is 3.01. The molecule has 1 aliphatic carbocycles. The van der Waals surface area contributed by atoms with Gasteiger partial charge in [0.25, 0.3) is 0 Å². The number of aliphatic carboxylic acids is 1. The highest BCUT2D eigenvalue weighted by atomic mass is 16.5. The predicted molar refractivity (Wildman–Crippen MR) is 35.8 cm³/mol. The lowest BCUT2D eigenvalue weighted by Gasteiger charge is -2.29. The molecule has 0 bridgehead atoms. The summed E-state index contributed by atoms with van der Waals surface area (Å²) < 4.78 is 4.82. The minimum absolute atomic E-state index is 0.266. The normalized spacial score (nSPS) is 21.7. The van der Waals surface area contributed by atoms with Crippen LogP contribution in [0.1, 0.15) is 19.3 Å². The Morgan fingerprint density at radius 2 is 2.30 bits per heavy atom. The standard InChI is InChI=1S/C7H12O3/c1-10-6(7(8)9)5-3-2-4-5/h5-6H,2-4H2,1H3,(H,8,9)/t6-/m1/s1. The predicted octanol–water partition coefficient (Wildman–Crippen LogP) is 0.886. The lowest BCUT2D eigenvalue weighted by molar-refractivity contribution is -0.154. The van der Waals surface area contributed by atoms with Crippen LogP contribution in [0, 0.1) is 5.92 Å². The van der Waals surface area contributed by atoms with Crippen LogP contribution in [0.25, 0.3) is 0 Å². The summed E-state index contributed by atoms with van der Waals surface area (Å²) in [5.41, 5.74) is 0. The second-order valence-corrected chi connectivity index (χ2v) is 2.69. The first-order valence-corrected chi connectivity index (χ1v) is 3.51. The topological polar surface area (TPSA) is 46.5 Å². The Labute approximate surface area is 60.0 Å². The Balaban J connectivity index is 2.39. The summed E-state index contributed by atoms with van der Waals surface area (Å²) in [6.07, 6.45) is 2.60. The van der Waals surface area contributed by atoms with E-state index in [1.807, 2.05) is 0 Å².